The van der Waals surface area contributed by atoms with E-state index in [0.717, 1.165) is 17.1 Å². The number of hydrogen-bond donors (Lipinski definition) is 1. The van der Waals surface area contributed by atoms with E-state index in [1.54, 1.807) is 52.9 Å². The van der Waals surface area contributed by atoms with Crippen LogP contribution in [0.4, 0.5) is 45.2 Å². The van der Waals surface area contributed by atoms with E-state index in [1.165, 1.54) is 24.3 Å². The summed E-state index contributed by atoms with van der Waals surface area (Å²) in [6.07, 6.45) is -13.6. The van der Waals surface area contributed by atoms with Gasteiger partial charge in [-0.2, -0.15) is 39.5 Å². The molecule has 0 atom stereocenters. The summed E-state index contributed by atoms with van der Waals surface area (Å²) >= 11 is 0. The van der Waals surface area contributed by atoms with Crippen molar-refractivity contribution < 1.29 is 58.6 Å². The van der Waals surface area contributed by atoms with E-state index >= 15 is 0 Å². The van der Waals surface area contributed by atoms with E-state index in [-0.39, 0.29) is 29.3 Å². The van der Waals surface area contributed by atoms with Gasteiger partial charge in [0.1, 0.15) is 17.2 Å². The van der Waals surface area contributed by atoms with Gasteiger partial charge in [-0.15, -0.1) is 0 Å². The second-order valence-electron chi connectivity index (χ2n) is 12.6. The molecule has 0 radical (unpaired) electrons. The number of nitrogens with one attached hydrogen (secondary N) is 1. The molecule has 3 aromatic carbocycles. The number of benzene rings is 3. The van der Waals surface area contributed by atoms with Crippen molar-refractivity contribution in [3.8, 4) is 17.4 Å². The Hall–Kier alpha value is -5.78. The third kappa shape index (κ3) is 9.48. The fourth-order valence-corrected chi connectivity index (χ4v) is 5.95. The van der Waals surface area contributed by atoms with Crippen LogP contribution in [0.1, 0.15) is 37.5 Å². The van der Waals surface area contributed by atoms with E-state index in [1.807, 2.05) is 0 Å². The van der Waals surface area contributed by atoms with Crippen LogP contribution in [-0.4, -0.2) is 70.1 Å². The summed E-state index contributed by atoms with van der Waals surface area (Å²) in [6.45, 7) is 1.26. The zero-order valence-electron chi connectivity index (χ0n) is 28.6. The fraction of sp³-hybridized carbons (Fsp3) is 0.270. The van der Waals surface area contributed by atoms with Crippen molar-refractivity contribution in [3.63, 3.8) is 0 Å². The smallest absolute Gasteiger partial charge is 0.422 e. The van der Waals surface area contributed by atoms with Crippen molar-refractivity contribution in [2.75, 3.05) is 38.1 Å². The molecule has 0 spiro atoms. The van der Waals surface area contributed by atoms with Gasteiger partial charge < -0.3 is 24.3 Å². The van der Waals surface area contributed by atoms with Crippen LogP contribution in [0.3, 0.4) is 0 Å². The number of ether oxygens (including phenoxy) is 2. The predicted octanol–water partition coefficient (Wildman–Crippen LogP) is 8.55. The van der Waals surface area contributed by atoms with Crippen LogP contribution in [0.25, 0.3) is 10.9 Å². The third-order valence-corrected chi connectivity index (χ3v) is 8.74. The Kier molecular flexibility index (Phi) is 10.7. The molecule has 1 fully saturated rings. The summed E-state index contributed by atoms with van der Waals surface area (Å²) in [5.74, 6) is -0.951. The summed E-state index contributed by atoms with van der Waals surface area (Å²) in [7, 11) is 1.73. The molecule has 0 unspecified atom stereocenters. The second-order valence-corrected chi connectivity index (χ2v) is 12.6. The number of hydrogen-bond acceptors (Lipinski definition) is 6. The highest BCUT2D eigenvalue weighted by Crippen LogP contribution is 2.38. The number of anilines is 1. The minimum absolute atomic E-state index is 0.0423. The van der Waals surface area contributed by atoms with Crippen molar-refractivity contribution in [1.29, 1.82) is 0 Å². The number of aromatic nitrogens is 2. The quantitative estimate of drug-likeness (QED) is 0.151. The van der Waals surface area contributed by atoms with Crippen molar-refractivity contribution in [2.45, 2.75) is 25.1 Å². The number of carbonyl (C=O) groups is 2. The topological polar surface area (TPSA) is 88.9 Å². The SMILES string of the molecule is Cn1c(C(=O)N2CCN(Cc3ccc(OCC(F)(F)F)cc3)CC2)cc2ccc(Oc3ccc(NC(=O)c4ccc(C(F)(F)F)cc4C(F)(F)F)cn3)cc21. The molecule has 2 amide bonds. The molecule has 9 nitrogen and oxygen atoms in total. The lowest BCUT2D eigenvalue weighted by Crippen LogP contribution is -2.48. The number of carbonyl (C=O) groups excluding carboxylic acids is 2. The lowest BCUT2D eigenvalue weighted by atomic mass is 10.0. The molecule has 290 valence electrons. The largest absolute Gasteiger partial charge is 0.484 e. The number of halogens is 9. The van der Waals surface area contributed by atoms with Gasteiger partial charge in [-0.1, -0.05) is 12.1 Å². The molecule has 18 heteroatoms. The Morgan fingerprint density at radius 1 is 0.782 bits per heavy atom. The first-order valence-corrected chi connectivity index (χ1v) is 16.5. The number of aryl methyl sites for hydroxylation is 1. The average molecular weight is 780 g/mol. The van der Waals surface area contributed by atoms with E-state index in [4.69, 9.17) is 9.47 Å². The van der Waals surface area contributed by atoms with Crippen LogP contribution < -0.4 is 14.8 Å². The Labute approximate surface area is 306 Å². The van der Waals surface area contributed by atoms with Crippen LogP contribution in [0.2, 0.25) is 0 Å². The van der Waals surface area contributed by atoms with Gasteiger partial charge in [0.25, 0.3) is 11.8 Å². The van der Waals surface area contributed by atoms with E-state index < -0.39 is 47.7 Å². The molecule has 0 bridgehead atoms. The molecular weight excluding hydrogens is 749 g/mol. The molecule has 1 aliphatic rings. The lowest BCUT2D eigenvalue weighted by Gasteiger charge is -2.34. The molecule has 1 aliphatic heterocycles. The molecular formula is C37H30F9N5O4. The number of pyridine rings is 1. The van der Waals surface area contributed by atoms with Crippen molar-refractivity contribution in [2.24, 2.45) is 7.05 Å². The minimum Gasteiger partial charge on any atom is -0.484 e. The number of fused-ring (bicyclic) bond motifs is 1. The number of rotatable bonds is 9. The number of alkyl halides is 9. The molecule has 2 aromatic heterocycles. The summed E-state index contributed by atoms with van der Waals surface area (Å²) in [4.78, 5) is 34.1. The first-order chi connectivity index (χ1) is 25.8. The first kappa shape index (κ1) is 38.9. The first-order valence-electron chi connectivity index (χ1n) is 16.5. The molecule has 0 saturated carbocycles. The minimum atomic E-state index is -5.23. The summed E-state index contributed by atoms with van der Waals surface area (Å²) in [5.41, 5.74) is -2.33. The van der Waals surface area contributed by atoms with Crippen molar-refractivity contribution in [1.82, 2.24) is 19.4 Å². The standard InChI is InChI=1S/C37H30F9N5O4/c1-49-30-18-27(55-32-11-6-25(19-47-32)48-33(52)28-10-5-24(36(41,42)43)17-29(28)37(44,45)46)9-4-23(30)16-31(49)34(53)51-14-12-50(13-15-51)20-22-2-7-26(8-3-22)54-21-35(38,39)40/h2-11,16-19H,12-15,20-21H2,1H3,(H,48,52). The normalized spacial score (nSPS) is 14.3. The lowest BCUT2D eigenvalue weighted by molar-refractivity contribution is -0.153. The zero-order chi connectivity index (χ0) is 39.7. The Balaban J connectivity index is 1.05. The van der Waals surface area contributed by atoms with Gasteiger partial charge in [0, 0.05) is 57.3 Å². The molecule has 0 aliphatic carbocycles. The maximum Gasteiger partial charge on any atom is 0.422 e. The van der Waals surface area contributed by atoms with Gasteiger partial charge in [-0.25, -0.2) is 4.98 Å². The second kappa shape index (κ2) is 15.2. The fourth-order valence-electron chi connectivity index (χ4n) is 5.95. The molecule has 1 saturated heterocycles. The van der Waals surface area contributed by atoms with Crippen molar-refractivity contribution in [3.05, 3.63) is 113 Å². The number of amides is 2. The summed E-state index contributed by atoms with van der Waals surface area (Å²) < 4.78 is 129. The van der Waals surface area contributed by atoms with Crippen LogP contribution in [-0.2, 0) is 25.9 Å². The van der Waals surface area contributed by atoms with Crippen LogP contribution in [0, 0.1) is 0 Å². The highest BCUT2D eigenvalue weighted by atomic mass is 19.4. The van der Waals surface area contributed by atoms with Crippen molar-refractivity contribution >= 4 is 28.4 Å². The molecule has 3 heterocycles. The van der Waals surface area contributed by atoms with Crippen LogP contribution >= 0.6 is 0 Å². The van der Waals surface area contributed by atoms with Gasteiger partial charge in [0.2, 0.25) is 5.88 Å². The third-order valence-electron chi connectivity index (χ3n) is 8.74. The predicted molar refractivity (Wildman–Crippen MR) is 181 cm³/mol. The highest BCUT2D eigenvalue weighted by Gasteiger charge is 2.39. The van der Waals surface area contributed by atoms with Gasteiger partial charge in [-0.3, -0.25) is 14.5 Å². The maximum atomic E-state index is 13.5. The Morgan fingerprint density at radius 2 is 1.47 bits per heavy atom. The van der Waals surface area contributed by atoms with Gasteiger partial charge in [0.15, 0.2) is 6.61 Å². The number of piperazine rings is 1. The Bertz CT molecular complexity index is 2170. The molecule has 1 N–H and O–H groups in total. The zero-order valence-corrected chi connectivity index (χ0v) is 28.6. The average Bonchev–Trinajstić information content (AvgIpc) is 3.46. The van der Waals surface area contributed by atoms with Gasteiger partial charge in [-0.05, 0) is 60.2 Å². The van der Waals surface area contributed by atoms with Gasteiger partial charge in [0.05, 0.1) is 34.1 Å². The highest BCUT2D eigenvalue weighted by molar-refractivity contribution is 6.05. The van der Waals surface area contributed by atoms with E-state index in [9.17, 15) is 49.1 Å². The summed E-state index contributed by atoms with van der Waals surface area (Å²) in [5, 5.41) is 2.96. The molecule has 6 rings (SSSR count). The number of nitrogens with zero attached hydrogens (tertiary/aromatic N) is 4. The van der Waals surface area contributed by atoms with E-state index in [2.05, 4.69) is 15.2 Å². The van der Waals surface area contributed by atoms with Crippen LogP contribution in [0.5, 0.6) is 17.4 Å². The van der Waals surface area contributed by atoms with Crippen LogP contribution in [0.15, 0.2) is 85.1 Å². The molecule has 5 aromatic rings. The maximum absolute atomic E-state index is 13.5. The van der Waals surface area contributed by atoms with Gasteiger partial charge >= 0.3 is 18.5 Å². The molecule has 55 heavy (non-hydrogen) atoms. The monoisotopic (exact) mass is 779 g/mol. The summed E-state index contributed by atoms with van der Waals surface area (Å²) in [6, 6.07) is 16.6. The van der Waals surface area contributed by atoms with E-state index in [0.29, 0.717) is 61.8 Å². The Morgan fingerprint density at radius 3 is 2.09 bits per heavy atom.